The van der Waals surface area contributed by atoms with E-state index in [1.807, 2.05) is 13.0 Å². The average Bonchev–Trinajstić information content (AvgIpc) is 2.59. The number of halogens is 1. The summed E-state index contributed by atoms with van der Waals surface area (Å²) in [7, 11) is 0. The van der Waals surface area contributed by atoms with Crippen LogP contribution >= 0.6 is 15.9 Å². The fourth-order valence-electron chi connectivity index (χ4n) is 1.94. The maximum atomic E-state index is 12.2. The molecule has 1 N–H and O–H groups in total. The zero-order chi connectivity index (χ0) is 17.4. The Bertz CT molecular complexity index is 700. The molecule has 0 heterocycles. The van der Waals surface area contributed by atoms with Crippen molar-refractivity contribution in [1.29, 1.82) is 0 Å². The van der Waals surface area contributed by atoms with E-state index in [0.717, 1.165) is 4.47 Å². The monoisotopic (exact) mass is 391 g/mol. The van der Waals surface area contributed by atoms with Gasteiger partial charge >= 0.3 is 5.97 Å². The summed E-state index contributed by atoms with van der Waals surface area (Å²) in [6.07, 6.45) is 0. The molecule has 0 atom stereocenters. The van der Waals surface area contributed by atoms with E-state index in [0.29, 0.717) is 30.0 Å². The van der Waals surface area contributed by atoms with Gasteiger partial charge in [-0.05, 0) is 49.4 Å². The molecule has 24 heavy (non-hydrogen) atoms. The number of hydrogen-bond acceptors (Lipinski definition) is 4. The van der Waals surface area contributed by atoms with Crippen molar-refractivity contribution < 1.29 is 19.1 Å². The summed E-state index contributed by atoms with van der Waals surface area (Å²) in [5.74, 6) is -0.636. The third kappa shape index (κ3) is 5.47. The molecule has 0 bridgehead atoms. The Labute approximate surface area is 149 Å². The lowest BCUT2D eigenvalue weighted by molar-refractivity contribution is 0.0335. The number of carbonyl (C=O) groups excluding carboxylic acids is 2. The minimum atomic E-state index is -0.417. The number of hydrogen-bond donors (Lipinski definition) is 1. The van der Waals surface area contributed by atoms with Gasteiger partial charge in [-0.2, -0.15) is 0 Å². The fourth-order valence-corrected chi connectivity index (χ4v) is 2.34. The summed E-state index contributed by atoms with van der Waals surface area (Å²) in [6, 6.07) is 13.6. The molecule has 0 spiro atoms. The molecule has 0 aliphatic heterocycles. The standard InChI is InChI=1S/C18H18BrNO4/c1-2-23-10-11-24-18(22)13-6-8-16(9-7-13)20-17(21)14-4-3-5-15(19)12-14/h3-9,12H,2,10-11H2,1H3,(H,20,21). The molecule has 126 valence electrons. The number of ether oxygens (including phenoxy) is 2. The number of benzene rings is 2. The Morgan fingerprint density at radius 1 is 1.04 bits per heavy atom. The minimum absolute atomic E-state index is 0.216. The Morgan fingerprint density at radius 3 is 2.46 bits per heavy atom. The van der Waals surface area contributed by atoms with Gasteiger partial charge in [0.15, 0.2) is 0 Å². The highest BCUT2D eigenvalue weighted by Gasteiger charge is 2.09. The smallest absolute Gasteiger partial charge is 0.338 e. The first kappa shape index (κ1) is 18.2. The molecule has 0 aliphatic carbocycles. The first-order chi connectivity index (χ1) is 11.6. The van der Waals surface area contributed by atoms with E-state index in [2.05, 4.69) is 21.2 Å². The molecule has 0 unspecified atom stereocenters. The molecule has 1 amide bonds. The molecular formula is C18H18BrNO4. The van der Waals surface area contributed by atoms with Gasteiger partial charge in [0.05, 0.1) is 12.2 Å². The molecule has 0 fully saturated rings. The molecule has 6 heteroatoms. The Morgan fingerprint density at radius 2 is 1.79 bits per heavy atom. The molecule has 2 rings (SSSR count). The van der Waals surface area contributed by atoms with Crippen LogP contribution in [0.1, 0.15) is 27.6 Å². The molecule has 0 saturated heterocycles. The van der Waals surface area contributed by atoms with Gasteiger partial charge in [0.2, 0.25) is 0 Å². The summed E-state index contributed by atoms with van der Waals surface area (Å²) < 4.78 is 11.0. The van der Waals surface area contributed by atoms with Gasteiger partial charge in [-0.25, -0.2) is 4.79 Å². The Hall–Kier alpha value is -2.18. The third-order valence-corrected chi connectivity index (χ3v) is 3.62. The number of nitrogens with one attached hydrogen (secondary N) is 1. The molecule has 2 aromatic rings. The van der Waals surface area contributed by atoms with Crippen molar-refractivity contribution in [3.8, 4) is 0 Å². The summed E-state index contributed by atoms with van der Waals surface area (Å²) in [6.45, 7) is 3.06. The molecule has 0 aromatic heterocycles. The van der Waals surface area contributed by atoms with Crippen molar-refractivity contribution in [3.05, 3.63) is 64.1 Å². The van der Waals surface area contributed by atoms with E-state index in [9.17, 15) is 9.59 Å². The first-order valence-electron chi connectivity index (χ1n) is 7.52. The maximum Gasteiger partial charge on any atom is 0.338 e. The summed E-state index contributed by atoms with van der Waals surface area (Å²) in [5, 5.41) is 2.78. The van der Waals surface area contributed by atoms with E-state index in [-0.39, 0.29) is 12.5 Å². The van der Waals surface area contributed by atoms with Gasteiger partial charge in [-0.15, -0.1) is 0 Å². The van der Waals surface area contributed by atoms with Crippen LogP contribution in [0.5, 0.6) is 0 Å². The van der Waals surface area contributed by atoms with E-state index in [1.54, 1.807) is 42.5 Å². The van der Waals surface area contributed by atoms with Crippen LogP contribution in [-0.4, -0.2) is 31.7 Å². The van der Waals surface area contributed by atoms with Crippen molar-refractivity contribution in [2.75, 3.05) is 25.1 Å². The number of esters is 1. The minimum Gasteiger partial charge on any atom is -0.460 e. The second-order valence-corrected chi connectivity index (χ2v) is 5.79. The molecule has 0 aliphatic rings. The van der Waals surface area contributed by atoms with Crippen LogP contribution in [0.4, 0.5) is 5.69 Å². The van der Waals surface area contributed by atoms with Gasteiger partial charge in [0.25, 0.3) is 5.91 Å². The fraction of sp³-hybridized carbons (Fsp3) is 0.222. The molecule has 0 radical (unpaired) electrons. The van der Waals surface area contributed by atoms with Gasteiger partial charge in [-0.3, -0.25) is 4.79 Å². The van der Waals surface area contributed by atoms with Gasteiger partial charge < -0.3 is 14.8 Å². The predicted octanol–water partition coefficient (Wildman–Crippen LogP) is 3.89. The van der Waals surface area contributed by atoms with Crippen LogP contribution in [0.3, 0.4) is 0 Å². The molecular weight excluding hydrogens is 374 g/mol. The summed E-state index contributed by atoms with van der Waals surface area (Å²) in [4.78, 5) is 24.0. The SMILES string of the molecule is CCOCCOC(=O)c1ccc(NC(=O)c2cccc(Br)c2)cc1. The lowest BCUT2D eigenvalue weighted by Crippen LogP contribution is -2.13. The zero-order valence-electron chi connectivity index (χ0n) is 13.3. The molecule has 2 aromatic carbocycles. The highest BCUT2D eigenvalue weighted by Crippen LogP contribution is 2.15. The van der Waals surface area contributed by atoms with Crippen LogP contribution in [-0.2, 0) is 9.47 Å². The van der Waals surface area contributed by atoms with E-state index in [4.69, 9.17) is 9.47 Å². The number of carbonyl (C=O) groups is 2. The second kappa shape index (κ2) is 9.20. The topological polar surface area (TPSA) is 64.6 Å². The van der Waals surface area contributed by atoms with Crippen molar-refractivity contribution in [1.82, 2.24) is 0 Å². The Balaban J connectivity index is 1.92. The Kier molecular flexibility index (Phi) is 6.96. The van der Waals surface area contributed by atoms with E-state index >= 15 is 0 Å². The predicted molar refractivity (Wildman–Crippen MR) is 95.3 cm³/mol. The van der Waals surface area contributed by atoms with Crippen LogP contribution in [0.25, 0.3) is 0 Å². The molecule has 5 nitrogen and oxygen atoms in total. The summed E-state index contributed by atoms with van der Waals surface area (Å²) >= 11 is 3.33. The number of amides is 1. The normalized spacial score (nSPS) is 10.2. The van der Waals surface area contributed by atoms with E-state index in [1.165, 1.54) is 0 Å². The van der Waals surface area contributed by atoms with Crippen LogP contribution in [0.2, 0.25) is 0 Å². The van der Waals surface area contributed by atoms with Crippen LogP contribution in [0.15, 0.2) is 53.0 Å². The maximum absolute atomic E-state index is 12.2. The van der Waals surface area contributed by atoms with Crippen molar-refractivity contribution >= 4 is 33.5 Å². The lowest BCUT2D eigenvalue weighted by Gasteiger charge is -2.07. The first-order valence-corrected chi connectivity index (χ1v) is 8.31. The highest BCUT2D eigenvalue weighted by atomic mass is 79.9. The van der Waals surface area contributed by atoms with Crippen LogP contribution < -0.4 is 5.32 Å². The van der Waals surface area contributed by atoms with Crippen LogP contribution in [0, 0.1) is 0 Å². The molecule has 0 saturated carbocycles. The van der Waals surface area contributed by atoms with Crippen molar-refractivity contribution in [3.63, 3.8) is 0 Å². The van der Waals surface area contributed by atoms with Gasteiger partial charge in [0, 0.05) is 22.3 Å². The largest absolute Gasteiger partial charge is 0.460 e. The lowest BCUT2D eigenvalue weighted by atomic mass is 10.2. The average molecular weight is 392 g/mol. The summed E-state index contributed by atoms with van der Waals surface area (Å²) in [5.41, 5.74) is 1.57. The van der Waals surface area contributed by atoms with E-state index < -0.39 is 5.97 Å². The van der Waals surface area contributed by atoms with Gasteiger partial charge in [-0.1, -0.05) is 22.0 Å². The van der Waals surface area contributed by atoms with Crippen molar-refractivity contribution in [2.24, 2.45) is 0 Å². The zero-order valence-corrected chi connectivity index (χ0v) is 14.8. The second-order valence-electron chi connectivity index (χ2n) is 4.87. The highest BCUT2D eigenvalue weighted by molar-refractivity contribution is 9.10. The number of rotatable bonds is 7. The van der Waals surface area contributed by atoms with Crippen molar-refractivity contribution in [2.45, 2.75) is 6.92 Å². The van der Waals surface area contributed by atoms with Gasteiger partial charge in [0.1, 0.15) is 6.61 Å². The quantitative estimate of drug-likeness (QED) is 0.574. The third-order valence-electron chi connectivity index (χ3n) is 3.13. The number of anilines is 1.